The van der Waals surface area contributed by atoms with Crippen molar-refractivity contribution >= 4 is 0 Å². The monoisotopic (exact) mass is 1000 g/mol. The van der Waals surface area contributed by atoms with Gasteiger partial charge in [-0.3, -0.25) is 0 Å². The summed E-state index contributed by atoms with van der Waals surface area (Å²) in [5.41, 5.74) is 6.83. The van der Waals surface area contributed by atoms with Crippen LogP contribution in [0.2, 0.25) is 0 Å². The van der Waals surface area contributed by atoms with Gasteiger partial charge in [-0.1, -0.05) is 212 Å². The van der Waals surface area contributed by atoms with Gasteiger partial charge < -0.3 is 47.4 Å². The summed E-state index contributed by atoms with van der Waals surface area (Å²) in [5.74, 6) is 0. The third-order valence-corrected chi connectivity index (χ3v) is 12.9. The first-order valence-corrected chi connectivity index (χ1v) is 25.3. The molecule has 0 unspecified atom stereocenters. The highest BCUT2D eigenvalue weighted by molar-refractivity contribution is 5.19. The van der Waals surface area contributed by atoms with Gasteiger partial charge in [0.15, 0.2) is 12.4 Å². The average Bonchev–Trinajstić information content (AvgIpc) is 3.46. The first-order chi connectivity index (χ1) is 36.7. The molecule has 0 N–H and O–H groups in total. The van der Waals surface area contributed by atoms with Crippen molar-refractivity contribution in [1.29, 1.82) is 0 Å². The second-order valence-electron chi connectivity index (χ2n) is 18.3. The van der Waals surface area contributed by atoms with Gasteiger partial charge in [-0.05, 0) is 38.9 Å². The fourth-order valence-corrected chi connectivity index (χ4v) is 9.03. The molecule has 2 heterocycles. The van der Waals surface area contributed by atoms with Gasteiger partial charge >= 0.3 is 0 Å². The van der Waals surface area contributed by atoms with Crippen LogP contribution in [0.15, 0.2) is 212 Å². The minimum Gasteiger partial charge on any atom is -0.374 e. The number of methoxy groups -OCH3 is 1. The Kier molecular flexibility index (Phi) is 20.5. The fourth-order valence-electron chi connectivity index (χ4n) is 9.03. The van der Waals surface area contributed by atoms with Gasteiger partial charge in [0.25, 0.3) is 0 Å². The quantitative estimate of drug-likeness (QED) is 0.0361. The van der Waals surface area contributed by atoms with Gasteiger partial charge in [0, 0.05) is 7.11 Å². The van der Waals surface area contributed by atoms with Crippen molar-refractivity contribution in [2.45, 2.75) is 108 Å². The molecule has 0 amide bonds. The minimum absolute atomic E-state index is 0.0903. The van der Waals surface area contributed by atoms with Gasteiger partial charge in [0.2, 0.25) is 6.29 Å². The largest absolute Gasteiger partial charge is 0.374 e. The molecule has 7 aromatic carbocycles. The van der Waals surface area contributed by atoms with E-state index in [1.54, 1.807) is 7.11 Å². The Morgan fingerprint density at radius 3 is 0.905 bits per heavy atom. The van der Waals surface area contributed by atoms with Crippen molar-refractivity contribution in [1.82, 2.24) is 0 Å². The predicted octanol–water partition coefficient (Wildman–Crippen LogP) is 10.8. The zero-order valence-corrected chi connectivity index (χ0v) is 41.7. The van der Waals surface area contributed by atoms with Crippen LogP contribution in [0.25, 0.3) is 0 Å². The van der Waals surface area contributed by atoms with Crippen LogP contribution in [-0.4, -0.2) is 81.7 Å². The molecular formula is C62H66O12. The third-order valence-electron chi connectivity index (χ3n) is 12.9. The maximum atomic E-state index is 7.04. The molecule has 2 fully saturated rings. The van der Waals surface area contributed by atoms with E-state index in [2.05, 4.69) is 0 Å². The molecule has 74 heavy (non-hydrogen) atoms. The molecule has 12 nitrogen and oxygen atoms in total. The summed E-state index contributed by atoms with van der Waals surface area (Å²) in [4.78, 5) is 13.5. The van der Waals surface area contributed by atoms with Gasteiger partial charge in [0.1, 0.15) is 42.7 Å². The zero-order chi connectivity index (χ0) is 50.4. The highest BCUT2D eigenvalue weighted by Gasteiger charge is 2.53. The number of hydrogen-bond acceptors (Lipinski definition) is 12. The molecule has 0 radical (unpaired) electrons. The van der Waals surface area contributed by atoms with Crippen molar-refractivity contribution in [3.63, 3.8) is 0 Å². The number of ether oxygens (including phenoxy) is 10. The van der Waals surface area contributed by atoms with Crippen LogP contribution < -0.4 is 0 Å². The summed E-state index contributed by atoms with van der Waals surface area (Å²) < 4.78 is 67.2. The van der Waals surface area contributed by atoms with Crippen molar-refractivity contribution in [3.8, 4) is 0 Å². The Hall–Kier alpha value is -5.94. The van der Waals surface area contributed by atoms with Crippen LogP contribution in [0.3, 0.4) is 0 Å². The highest BCUT2D eigenvalue weighted by atomic mass is 17.2. The molecule has 0 saturated carbocycles. The second-order valence-corrected chi connectivity index (χ2v) is 18.3. The first kappa shape index (κ1) is 52.9. The second kappa shape index (κ2) is 28.7. The summed E-state index contributed by atoms with van der Waals surface area (Å²) in [7, 11) is 1.59. The van der Waals surface area contributed by atoms with Gasteiger partial charge in [-0.25, -0.2) is 9.78 Å². The number of rotatable bonds is 27. The van der Waals surface area contributed by atoms with Crippen LogP contribution in [0.5, 0.6) is 0 Å². The lowest BCUT2D eigenvalue weighted by Gasteiger charge is -2.47. The van der Waals surface area contributed by atoms with Crippen molar-refractivity contribution in [3.05, 3.63) is 251 Å². The molecule has 0 bridgehead atoms. The first-order valence-electron chi connectivity index (χ1n) is 25.3. The van der Waals surface area contributed by atoms with Crippen molar-refractivity contribution < 1.29 is 57.1 Å². The standard InChI is InChI=1S/C62H66O12/c1-63-61-59(69-42-51-33-19-7-20-34-51)58(68-41-50-31-17-6-18-32-50)56(54(71-61)45-65-38-47-25-11-3-12-26-47)73-74-62-60(70-43-52-35-21-8-22-36-52)57(67-40-49-29-15-5-16-30-49)55(66-39-48-27-13-4-14-28-48)53(72-62)44-64-37-46-23-9-2-10-24-46/h2-36,53-62H,37-45H2,1H3/t53-,54-,55-,56-,57+,58+,59-,60+,61+,62-/m1/s1. The molecule has 7 aromatic rings. The van der Waals surface area contributed by atoms with Crippen molar-refractivity contribution in [2.75, 3.05) is 20.3 Å². The maximum Gasteiger partial charge on any atom is 0.220 e. The molecule has 386 valence electrons. The van der Waals surface area contributed by atoms with E-state index in [1.807, 2.05) is 212 Å². The molecule has 0 aliphatic carbocycles. The topological polar surface area (TPSA) is 111 Å². The molecule has 0 spiro atoms. The van der Waals surface area contributed by atoms with E-state index in [4.69, 9.17) is 57.1 Å². The minimum atomic E-state index is -1.20. The lowest BCUT2D eigenvalue weighted by molar-refractivity contribution is -0.471. The van der Waals surface area contributed by atoms with Gasteiger partial charge in [0.05, 0.1) is 59.5 Å². The van der Waals surface area contributed by atoms with E-state index in [1.165, 1.54) is 0 Å². The normalized spacial score (nSPS) is 23.9. The molecular weight excluding hydrogens is 937 g/mol. The van der Waals surface area contributed by atoms with Crippen LogP contribution in [0.1, 0.15) is 38.9 Å². The molecule has 0 aromatic heterocycles. The lowest BCUT2D eigenvalue weighted by atomic mass is 9.97. The molecule has 9 rings (SSSR count). The summed E-state index contributed by atoms with van der Waals surface area (Å²) in [6.45, 7) is 2.09. The average molecular weight is 1000 g/mol. The Bertz CT molecular complexity index is 2580. The van der Waals surface area contributed by atoms with Gasteiger partial charge in [-0.15, -0.1) is 0 Å². The van der Waals surface area contributed by atoms with Crippen LogP contribution in [0.4, 0.5) is 0 Å². The molecule has 2 aliphatic rings. The third kappa shape index (κ3) is 15.6. The highest BCUT2D eigenvalue weighted by Crippen LogP contribution is 2.35. The Labute approximate surface area is 434 Å². The number of hydrogen-bond donors (Lipinski definition) is 0. The molecule has 2 saturated heterocycles. The van der Waals surface area contributed by atoms with E-state index >= 15 is 0 Å². The van der Waals surface area contributed by atoms with Crippen LogP contribution >= 0.6 is 0 Å². The summed E-state index contributed by atoms with van der Waals surface area (Å²) in [6, 6.07) is 69.8. The zero-order valence-electron chi connectivity index (χ0n) is 41.7. The Balaban J connectivity index is 1.06. The number of benzene rings is 7. The Morgan fingerprint density at radius 2 is 0.554 bits per heavy atom. The molecule has 12 heteroatoms. The Morgan fingerprint density at radius 1 is 0.284 bits per heavy atom. The summed E-state index contributed by atoms with van der Waals surface area (Å²) >= 11 is 0. The lowest BCUT2D eigenvalue weighted by Crippen LogP contribution is -2.64. The van der Waals surface area contributed by atoms with E-state index in [-0.39, 0.29) is 46.2 Å². The SMILES string of the molecule is CO[C@H]1O[C@H](COCc2ccccc2)[C@@H](OO[C@H]2O[C@H](COCc3ccccc3)[C@@H](OCc3ccccc3)[C@H](OCc3ccccc3)[C@@H]2OCc2ccccc2)[C@H](OCc2ccccc2)[C@H]1OCc1ccccc1. The van der Waals surface area contributed by atoms with Crippen LogP contribution in [-0.2, 0) is 103 Å². The molecule has 2 aliphatic heterocycles. The smallest absolute Gasteiger partial charge is 0.220 e. The van der Waals surface area contributed by atoms with Gasteiger partial charge in [-0.2, -0.15) is 0 Å². The van der Waals surface area contributed by atoms with E-state index < -0.39 is 61.4 Å². The van der Waals surface area contributed by atoms with E-state index in [0.29, 0.717) is 13.2 Å². The predicted molar refractivity (Wildman–Crippen MR) is 278 cm³/mol. The molecule has 10 atom stereocenters. The van der Waals surface area contributed by atoms with Crippen molar-refractivity contribution in [2.24, 2.45) is 0 Å². The van der Waals surface area contributed by atoms with E-state index in [9.17, 15) is 0 Å². The van der Waals surface area contributed by atoms with Crippen LogP contribution in [0, 0.1) is 0 Å². The summed E-state index contributed by atoms with van der Waals surface area (Å²) in [5, 5.41) is 0. The van der Waals surface area contributed by atoms with E-state index in [0.717, 1.165) is 38.9 Å². The maximum absolute atomic E-state index is 7.04. The fraction of sp³-hybridized carbons (Fsp3) is 0.323. The summed E-state index contributed by atoms with van der Waals surface area (Å²) in [6.07, 6.45) is -8.57.